The first-order valence-corrected chi connectivity index (χ1v) is 14.4. The number of hydrogen-bond acceptors (Lipinski definition) is 2. The van der Waals surface area contributed by atoms with Crippen LogP contribution in [0.15, 0.2) is 109 Å². The van der Waals surface area contributed by atoms with Crippen LogP contribution in [0.1, 0.15) is 69.0 Å². The predicted octanol–water partition coefficient (Wildman–Crippen LogP) is 8.48. The van der Waals surface area contributed by atoms with Crippen molar-refractivity contribution in [3.05, 3.63) is 165 Å². The molecule has 0 unspecified atom stereocenters. The molecule has 5 aromatic rings. The second kappa shape index (κ2) is 12.7. The van der Waals surface area contributed by atoms with Gasteiger partial charge in [0.2, 0.25) is 0 Å². The maximum atomic E-state index is 5.86. The average molecular weight is 525 g/mol. The van der Waals surface area contributed by atoms with Gasteiger partial charge < -0.3 is 11.5 Å². The van der Waals surface area contributed by atoms with Crippen molar-refractivity contribution in [3.63, 3.8) is 0 Å². The van der Waals surface area contributed by atoms with Gasteiger partial charge in [0.25, 0.3) is 0 Å². The molecule has 0 aromatic heterocycles. The first-order chi connectivity index (χ1) is 19.4. The van der Waals surface area contributed by atoms with Gasteiger partial charge in [0.1, 0.15) is 0 Å². The molecule has 4 N–H and O–H groups in total. The van der Waals surface area contributed by atoms with E-state index in [1.807, 2.05) is 24.3 Å². The summed E-state index contributed by atoms with van der Waals surface area (Å²) in [6.07, 6.45) is 6.04. The number of aryl methyl sites for hydroxylation is 2. The molecular weight excluding hydrogens is 484 g/mol. The Morgan fingerprint density at radius 2 is 0.825 bits per heavy atom. The smallest absolute Gasteiger partial charge is 0.0314 e. The lowest BCUT2D eigenvalue weighted by atomic mass is 9.91. The van der Waals surface area contributed by atoms with E-state index in [4.69, 9.17) is 11.5 Å². The summed E-state index contributed by atoms with van der Waals surface area (Å²) in [5.41, 5.74) is 27.0. The van der Waals surface area contributed by atoms with Crippen molar-refractivity contribution in [2.24, 2.45) is 0 Å². The summed E-state index contributed by atoms with van der Waals surface area (Å²) in [5, 5.41) is 0. The largest absolute Gasteiger partial charge is 0.399 e. The lowest BCUT2D eigenvalue weighted by molar-refractivity contribution is 0.899. The minimum absolute atomic E-state index is 0.810. The number of hydrogen-bond donors (Lipinski definition) is 2. The Balaban J connectivity index is 1.24. The Labute approximate surface area is 239 Å². The molecule has 2 nitrogen and oxygen atoms in total. The Bertz CT molecular complexity index is 1550. The van der Waals surface area contributed by atoms with Crippen molar-refractivity contribution in [1.82, 2.24) is 0 Å². The van der Waals surface area contributed by atoms with Crippen LogP contribution < -0.4 is 11.5 Å². The highest BCUT2D eigenvalue weighted by Crippen LogP contribution is 2.23. The Morgan fingerprint density at radius 1 is 0.425 bits per heavy atom. The van der Waals surface area contributed by atoms with Gasteiger partial charge in [-0.3, -0.25) is 0 Å². The Kier molecular flexibility index (Phi) is 8.66. The molecule has 0 saturated heterocycles. The quantitative estimate of drug-likeness (QED) is 0.180. The second-order valence-corrected chi connectivity index (χ2v) is 11.1. The summed E-state index contributed by atoms with van der Waals surface area (Å²) < 4.78 is 0. The average Bonchev–Trinajstić information content (AvgIpc) is 2.95. The van der Waals surface area contributed by atoms with E-state index in [9.17, 15) is 0 Å². The monoisotopic (exact) mass is 524 g/mol. The van der Waals surface area contributed by atoms with E-state index in [0.29, 0.717) is 0 Å². The molecule has 2 heteroatoms. The minimum Gasteiger partial charge on any atom is -0.399 e. The fourth-order valence-corrected chi connectivity index (χ4v) is 5.49. The number of rotatable bonds is 10. The van der Waals surface area contributed by atoms with Gasteiger partial charge in [0, 0.05) is 11.4 Å². The summed E-state index contributed by atoms with van der Waals surface area (Å²) in [6, 6.07) is 39.5. The third-order valence-electron chi connectivity index (χ3n) is 7.79. The minimum atomic E-state index is 0.810. The first kappa shape index (κ1) is 27.3. The van der Waals surface area contributed by atoms with E-state index in [1.165, 1.54) is 55.6 Å². The summed E-state index contributed by atoms with van der Waals surface area (Å²) in [5.74, 6) is 0. The zero-order valence-corrected chi connectivity index (χ0v) is 23.8. The maximum absolute atomic E-state index is 5.86. The SMILES string of the molecule is CCCc1cc(Cc2ccc(N)cc2)ccc1Cc1ccc(Cc2ccc(Cc3ccc(N)cc3)cc2)c(C)c1. The van der Waals surface area contributed by atoms with Gasteiger partial charge in [-0.25, -0.2) is 0 Å². The standard InChI is InChI=1S/C38H40N2/c1-3-4-35-26-33(23-30-13-19-38(40)20-14-30)10-16-36(35)25-32-9-15-34(27(2)21-32)24-31-7-5-28(6-8-31)22-29-11-17-37(39)18-12-29/h5-21,26H,3-4,22-25,39-40H2,1-2H3. The fourth-order valence-electron chi connectivity index (χ4n) is 5.49. The third-order valence-corrected chi connectivity index (χ3v) is 7.79. The van der Waals surface area contributed by atoms with Crippen LogP contribution in [0.3, 0.4) is 0 Å². The molecule has 40 heavy (non-hydrogen) atoms. The van der Waals surface area contributed by atoms with Crippen LogP contribution in [-0.4, -0.2) is 0 Å². The van der Waals surface area contributed by atoms with Crippen LogP contribution in [-0.2, 0) is 32.1 Å². The summed E-state index contributed by atoms with van der Waals surface area (Å²) in [4.78, 5) is 0. The molecule has 0 spiro atoms. The van der Waals surface area contributed by atoms with Crippen molar-refractivity contribution >= 4 is 11.4 Å². The first-order valence-electron chi connectivity index (χ1n) is 14.4. The molecule has 0 aliphatic heterocycles. The van der Waals surface area contributed by atoms with E-state index < -0.39 is 0 Å². The van der Waals surface area contributed by atoms with Crippen LogP contribution in [0.5, 0.6) is 0 Å². The highest BCUT2D eigenvalue weighted by Gasteiger charge is 2.09. The number of benzene rings is 5. The van der Waals surface area contributed by atoms with Crippen LogP contribution in [0, 0.1) is 6.92 Å². The number of anilines is 2. The maximum Gasteiger partial charge on any atom is 0.0314 e. The van der Waals surface area contributed by atoms with Gasteiger partial charge in [-0.15, -0.1) is 0 Å². The van der Waals surface area contributed by atoms with E-state index in [2.05, 4.69) is 98.8 Å². The molecule has 0 radical (unpaired) electrons. The van der Waals surface area contributed by atoms with Gasteiger partial charge in [0.05, 0.1) is 0 Å². The molecule has 0 heterocycles. The van der Waals surface area contributed by atoms with E-state index >= 15 is 0 Å². The normalized spacial score (nSPS) is 11.1. The van der Waals surface area contributed by atoms with E-state index in [0.717, 1.165) is 49.9 Å². The van der Waals surface area contributed by atoms with Gasteiger partial charge in [-0.05, 0) is 119 Å². The molecule has 5 rings (SSSR count). The third kappa shape index (κ3) is 7.21. The van der Waals surface area contributed by atoms with Crippen molar-refractivity contribution < 1.29 is 0 Å². The molecule has 202 valence electrons. The Hall–Kier alpha value is -4.30. The van der Waals surface area contributed by atoms with Crippen LogP contribution in [0.25, 0.3) is 0 Å². The van der Waals surface area contributed by atoms with Crippen molar-refractivity contribution in [1.29, 1.82) is 0 Å². The molecule has 5 aromatic carbocycles. The van der Waals surface area contributed by atoms with Crippen molar-refractivity contribution in [2.45, 2.75) is 52.4 Å². The molecule has 0 aliphatic rings. The highest BCUT2D eigenvalue weighted by molar-refractivity contribution is 5.44. The van der Waals surface area contributed by atoms with Gasteiger partial charge >= 0.3 is 0 Å². The number of nitrogens with two attached hydrogens (primary N) is 2. The lowest BCUT2D eigenvalue weighted by Crippen LogP contribution is -2.00. The molecule has 0 saturated carbocycles. The molecular formula is C38H40N2. The summed E-state index contributed by atoms with van der Waals surface area (Å²) in [6.45, 7) is 4.51. The van der Waals surface area contributed by atoms with E-state index in [-0.39, 0.29) is 0 Å². The summed E-state index contributed by atoms with van der Waals surface area (Å²) in [7, 11) is 0. The Morgan fingerprint density at radius 3 is 1.35 bits per heavy atom. The molecule has 0 amide bonds. The highest BCUT2D eigenvalue weighted by atomic mass is 14.5. The van der Waals surface area contributed by atoms with Crippen LogP contribution in [0.2, 0.25) is 0 Å². The fraction of sp³-hybridized carbons (Fsp3) is 0.211. The predicted molar refractivity (Wildman–Crippen MR) is 171 cm³/mol. The topological polar surface area (TPSA) is 52.0 Å². The van der Waals surface area contributed by atoms with Gasteiger partial charge in [0.15, 0.2) is 0 Å². The van der Waals surface area contributed by atoms with Gasteiger partial charge in [-0.1, -0.05) is 98.3 Å². The summed E-state index contributed by atoms with van der Waals surface area (Å²) >= 11 is 0. The second-order valence-electron chi connectivity index (χ2n) is 11.1. The molecule has 0 bridgehead atoms. The molecule has 0 aliphatic carbocycles. The van der Waals surface area contributed by atoms with Crippen LogP contribution in [0.4, 0.5) is 11.4 Å². The zero-order valence-electron chi connectivity index (χ0n) is 23.8. The molecule has 0 fully saturated rings. The van der Waals surface area contributed by atoms with E-state index in [1.54, 1.807) is 0 Å². The van der Waals surface area contributed by atoms with Crippen molar-refractivity contribution in [2.75, 3.05) is 11.5 Å². The van der Waals surface area contributed by atoms with Crippen molar-refractivity contribution in [3.8, 4) is 0 Å². The van der Waals surface area contributed by atoms with Crippen LogP contribution >= 0.6 is 0 Å². The molecule has 0 atom stereocenters. The number of nitrogen functional groups attached to an aromatic ring is 2. The zero-order chi connectivity index (χ0) is 27.9. The van der Waals surface area contributed by atoms with Gasteiger partial charge in [-0.2, -0.15) is 0 Å². The lowest BCUT2D eigenvalue weighted by Gasteiger charge is -2.14.